The van der Waals surface area contributed by atoms with Gasteiger partial charge in [-0.2, -0.15) is 0 Å². The van der Waals surface area contributed by atoms with Crippen molar-refractivity contribution >= 4 is 71.1 Å². The van der Waals surface area contributed by atoms with E-state index in [0.717, 1.165) is 0 Å². The van der Waals surface area contributed by atoms with Crippen molar-refractivity contribution in [2.75, 3.05) is 0 Å². The first-order chi connectivity index (χ1) is 1.73. The molecule has 6 heavy (non-hydrogen) atoms. The molecule has 0 aromatic heterocycles. The second-order valence-corrected chi connectivity index (χ2v) is 0.346. The van der Waals surface area contributed by atoms with Gasteiger partial charge in [-0.15, -0.1) is 12.4 Å². The van der Waals surface area contributed by atoms with Crippen LogP contribution in [0.15, 0.2) is 0 Å². The fraction of sp³-hybridized carbons (Fsp3) is 0. The van der Waals surface area contributed by atoms with Crippen molar-refractivity contribution in [3.05, 3.63) is 0 Å². The molecule has 0 atom stereocenters. The van der Waals surface area contributed by atoms with Crippen LogP contribution in [0.2, 0.25) is 0 Å². The van der Waals surface area contributed by atoms with E-state index in [-0.39, 0.29) is 63.8 Å². The molecule has 0 aliphatic heterocycles. The van der Waals surface area contributed by atoms with Crippen molar-refractivity contribution < 1.29 is 15.1 Å². The Morgan fingerprint density at radius 1 is 1.00 bits per heavy atom. The van der Waals surface area contributed by atoms with E-state index in [9.17, 15) is 0 Å². The molecule has 0 aromatic carbocycles. The van der Waals surface area contributed by atoms with Crippen molar-refractivity contribution in [2.24, 2.45) is 0 Å². The van der Waals surface area contributed by atoms with Crippen LogP contribution in [0, 0.1) is 0 Å². The number of rotatable bonds is 0. The molecule has 0 aromatic rings. The Kier molecular flexibility index (Phi) is 26.1. The molecule has 0 amide bonds. The van der Waals surface area contributed by atoms with Crippen LogP contribution in [-0.2, 0) is 0 Å². The van der Waals surface area contributed by atoms with E-state index < -0.39 is 7.32 Å². The first-order valence-corrected chi connectivity index (χ1v) is 0.775. The number of hydrogen-bond acceptors (Lipinski definition) is 3. The summed E-state index contributed by atoms with van der Waals surface area (Å²) in [5.41, 5.74) is 0. The van der Waals surface area contributed by atoms with Crippen LogP contribution in [-0.4, -0.2) is 73.8 Å². The zero-order chi connectivity index (χ0) is 3.58. The zero-order valence-corrected chi connectivity index (χ0v) is 3.14. The first kappa shape index (κ1) is 15.7. The molecule has 34 valence electrons. The summed E-state index contributed by atoms with van der Waals surface area (Å²) in [5.74, 6) is 0. The molecule has 0 fully saturated rings. The Hall–Kier alpha value is 1.87. The van der Waals surface area contributed by atoms with E-state index in [2.05, 4.69) is 0 Å². The summed E-state index contributed by atoms with van der Waals surface area (Å²) in [6.45, 7) is 0. The molecule has 3 N–H and O–H groups in total. The van der Waals surface area contributed by atoms with Crippen LogP contribution < -0.4 is 0 Å². The van der Waals surface area contributed by atoms with Crippen molar-refractivity contribution in [2.45, 2.75) is 0 Å². The summed E-state index contributed by atoms with van der Waals surface area (Å²) in [7, 11) is -2.17. The fourth-order valence-corrected chi connectivity index (χ4v) is 0. The molecule has 0 aliphatic carbocycles. The van der Waals surface area contributed by atoms with Gasteiger partial charge in [-0.05, 0) is 0 Å². The van der Waals surface area contributed by atoms with Gasteiger partial charge in [-0.1, -0.05) is 0 Å². The SMILES string of the molecule is Cl.OB(O)O.[KH]. The van der Waals surface area contributed by atoms with E-state index in [1.807, 2.05) is 0 Å². The zero-order valence-electron chi connectivity index (χ0n) is 2.33. The molecular weight excluding hydrogens is 133 g/mol. The molecule has 0 unspecified atom stereocenters. The minimum atomic E-state index is -2.17. The van der Waals surface area contributed by atoms with Gasteiger partial charge in [0.05, 0.1) is 0 Å². The van der Waals surface area contributed by atoms with E-state index in [1.54, 1.807) is 0 Å². The fourth-order valence-electron chi connectivity index (χ4n) is 0. The number of hydrogen-bond donors (Lipinski definition) is 3. The summed E-state index contributed by atoms with van der Waals surface area (Å²) in [4.78, 5) is 0. The minimum absolute atomic E-state index is 0. The normalized spacial score (nSPS) is 4.50. The molecule has 0 saturated heterocycles. The third-order valence-electron chi connectivity index (χ3n) is 0. The Labute approximate surface area is 84.8 Å². The van der Waals surface area contributed by atoms with E-state index in [1.165, 1.54) is 0 Å². The Bertz CT molecular complexity index is 15.5. The summed E-state index contributed by atoms with van der Waals surface area (Å²) in [5, 5.41) is 21.5. The maximum absolute atomic E-state index is 7.17. The van der Waals surface area contributed by atoms with Gasteiger partial charge in [0.25, 0.3) is 0 Å². The van der Waals surface area contributed by atoms with Gasteiger partial charge in [0.2, 0.25) is 0 Å². The van der Waals surface area contributed by atoms with Gasteiger partial charge in [0.15, 0.2) is 0 Å². The van der Waals surface area contributed by atoms with Gasteiger partial charge in [-0.3, -0.25) is 0 Å². The van der Waals surface area contributed by atoms with Gasteiger partial charge in [0.1, 0.15) is 0 Å². The van der Waals surface area contributed by atoms with Gasteiger partial charge in [0, 0.05) is 0 Å². The molecule has 0 heterocycles. The molecule has 0 aliphatic rings. The molecular formula is H5BClKO3. The van der Waals surface area contributed by atoms with Gasteiger partial charge < -0.3 is 15.1 Å². The second kappa shape index (κ2) is 9.98. The first-order valence-electron chi connectivity index (χ1n) is 0.775. The predicted molar refractivity (Wildman–Crippen MR) is 26.8 cm³/mol. The summed E-state index contributed by atoms with van der Waals surface area (Å²) in [6, 6.07) is 0. The van der Waals surface area contributed by atoms with Crippen molar-refractivity contribution in [3.8, 4) is 0 Å². The molecule has 0 spiro atoms. The van der Waals surface area contributed by atoms with E-state index in [4.69, 9.17) is 15.1 Å². The third kappa shape index (κ3) is 39.8. The maximum atomic E-state index is 7.17. The predicted octanol–water partition coefficient (Wildman–Crippen LogP) is -2.28. The standard InChI is InChI=1S/BH3O3.ClH.K.H/c2-1(3)4;;;/h2-4H;1H;;. The summed E-state index contributed by atoms with van der Waals surface area (Å²) < 4.78 is 0. The van der Waals surface area contributed by atoms with E-state index in [0.29, 0.717) is 0 Å². The van der Waals surface area contributed by atoms with Crippen molar-refractivity contribution in [1.82, 2.24) is 0 Å². The molecule has 3 nitrogen and oxygen atoms in total. The number of halogens is 1. The Morgan fingerprint density at radius 2 is 1.00 bits per heavy atom. The molecule has 0 radical (unpaired) electrons. The van der Waals surface area contributed by atoms with Crippen molar-refractivity contribution in [1.29, 1.82) is 0 Å². The van der Waals surface area contributed by atoms with Crippen LogP contribution >= 0.6 is 12.4 Å². The van der Waals surface area contributed by atoms with Crippen LogP contribution in [0.1, 0.15) is 0 Å². The quantitative estimate of drug-likeness (QED) is 0.331. The molecule has 0 bridgehead atoms. The van der Waals surface area contributed by atoms with Gasteiger partial charge in [-0.25, -0.2) is 0 Å². The topological polar surface area (TPSA) is 60.7 Å². The van der Waals surface area contributed by atoms with Crippen molar-refractivity contribution in [3.63, 3.8) is 0 Å². The molecule has 0 rings (SSSR count). The molecule has 0 saturated carbocycles. The Balaban J connectivity index is -0.0000000450. The Morgan fingerprint density at radius 3 is 1.00 bits per heavy atom. The van der Waals surface area contributed by atoms with Crippen LogP contribution in [0.25, 0.3) is 0 Å². The van der Waals surface area contributed by atoms with Gasteiger partial charge >= 0.3 is 58.7 Å². The average Bonchev–Trinajstić information content (AvgIpc) is 0.811. The summed E-state index contributed by atoms with van der Waals surface area (Å²) >= 11 is 0. The monoisotopic (exact) mass is 138 g/mol. The van der Waals surface area contributed by atoms with E-state index >= 15 is 0 Å². The second-order valence-electron chi connectivity index (χ2n) is 0.346. The molecule has 6 heteroatoms. The summed E-state index contributed by atoms with van der Waals surface area (Å²) in [6.07, 6.45) is 0. The van der Waals surface area contributed by atoms with Crippen LogP contribution in [0.5, 0.6) is 0 Å². The van der Waals surface area contributed by atoms with Crippen LogP contribution in [0.4, 0.5) is 0 Å². The van der Waals surface area contributed by atoms with Crippen LogP contribution in [0.3, 0.4) is 0 Å². The third-order valence-corrected chi connectivity index (χ3v) is 0. The average molecular weight is 138 g/mol.